The van der Waals surface area contributed by atoms with Gasteiger partial charge in [0.1, 0.15) is 0 Å². The van der Waals surface area contributed by atoms with Crippen LogP contribution in [0.2, 0.25) is 0 Å². The predicted octanol–water partition coefficient (Wildman–Crippen LogP) is 4.26. The second-order valence-electron chi connectivity index (χ2n) is 7.04. The number of methoxy groups -OCH3 is 1. The highest BCUT2D eigenvalue weighted by atomic mass is 32.1. The molecule has 0 bridgehead atoms. The number of rotatable bonds is 5. The Balaban J connectivity index is 1.55. The van der Waals surface area contributed by atoms with Gasteiger partial charge in [-0.25, -0.2) is 4.79 Å². The summed E-state index contributed by atoms with van der Waals surface area (Å²) >= 11 is 5.41. The first kappa shape index (κ1) is 20.1. The lowest BCUT2D eigenvalue weighted by Gasteiger charge is -2.28. The van der Waals surface area contributed by atoms with Crippen LogP contribution in [0, 0.1) is 6.92 Å². The topological polar surface area (TPSA) is 53.6 Å². The molecule has 1 aliphatic heterocycles. The highest BCUT2D eigenvalue weighted by molar-refractivity contribution is 7.80. The van der Waals surface area contributed by atoms with Crippen molar-refractivity contribution in [3.05, 3.63) is 59.2 Å². The van der Waals surface area contributed by atoms with Gasteiger partial charge < -0.3 is 20.3 Å². The molecule has 0 unspecified atom stereocenters. The molecule has 3 rings (SSSR count). The normalized spacial score (nSPS) is 13.7. The molecule has 0 radical (unpaired) electrons. The Kier molecular flexibility index (Phi) is 6.87. The van der Waals surface area contributed by atoms with Crippen molar-refractivity contribution in [1.82, 2.24) is 5.32 Å². The molecule has 148 valence electrons. The monoisotopic (exact) mass is 397 g/mol. The molecule has 0 saturated carbocycles. The fourth-order valence-electron chi connectivity index (χ4n) is 3.33. The van der Waals surface area contributed by atoms with Crippen LogP contribution in [0.5, 0.6) is 0 Å². The third-order valence-electron chi connectivity index (χ3n) is 5.02. The van der Waals surface area contributed by atoms with Gasteiger partial charge >= 0.3 is 5.97 Å². The number of thiocarbonyl (C=S) groups is 1. The number of ether oxygens (including phenoxy) is 1. The van der Waals surface area contributed by atoms with Crippen molar-refractivity contribution >= 4 is 34.7 Å². The average Bonchev–Trinajstić information content (AvgIpc) is 2.74. The van der Waals surface area contributed by atoms with E-state index >= 15 is 0 Å². The Morgan fingerprint density at radius 2 is 1.82 bits per heavy atom. The number of carbonyl (C=O) groups is 1. The van der Waals surface area contributed by atoms with Crippen LogP contribution in [0.15, 0.2) is 42.5 Å². The third-order valence-corrected chi connectivity index (χ3v) is 5.26. The van der Waals surface area contributed by atoms with E-state index in [9.17, 15) is 4.79 Å². The van der Waals surface area contributed by atoms with E-state index in [4.69, 9.17) is 17.0 Å². The summed E-state index contributed by atoms with van der Waals surface area (Å²) in [6.45, 7) is 4.90. The van der Waals surface area contributed by atoms with Crippen molar-refractivity contribution in [2.75, 3.05) is 30.4 Å². The van der Waals surface area contributed by atoms with E-state index in [2.05, 4.69) is 39.8 Å². The fraction of sp³-hybridized carbons (Fsp3) is 0.364. The highest BCUT2D eigenvalue weighted by Gasteiger charge is 2.11. The molecule has 0 aliphatic carbocycles. The molecule has 1 aliphatic rings. The van der Waals surface area contributed by atoms with E-state index < -0.39 is 0 Å². The summed E-state index contributed by atoms with van der Waals surface area (Å²) in [5, 5.41) is 6.91. The lowest BCUT2D eigenvalue weighted by molar-refractivity contribution is 0.0601. The zero-order valence-electron chi connectivity index (χ0n) is 16.5. The fourth-order valence-corrected chi connectivity index (χ4v) is 3.51. The molecular weight excluding hydrogens is 370 g/mol. The van der Waals surface area contributed by atoms with Crippen LogP contribution in [-0.2, 0) is 11.3 Å². The second-order valence-corrected chi connectivity index (χ2v) is 7.45. The van der Waals surface area contributed by atoms with Gasteiger partial charge in [-0.1, -0.05) is 18.2 Å². The third kappa shape index (κ3) is 5.23. The number of hydrogen-bond donors (Lipinski definition) is 2. The van der Waals surface area contributed by atoms with Gasteiger partial charge in [-0.3, -0.25) is 0 Å². The van der Waals surface area contributed by atoms with E-state index in [0.29, 0.717) is 17.2 Å². The average molecular weight is 398 g/mol. The maximum Gasteiger partial charge on any atom is 0.337 e. The van der Waals surface area contributed by atoms with Crippen molar-refractivity contribution < 1.29 is 9.53 Å². The van der Waals surface area contributed by atoms with Gasteiger partial charge in [0, 0.05) is 31.0 Å². The van der Waals surface area contributed by atoms with Crippen LogP contribution in [0.4, 0.5) is 11.4 Å². The number of carbonyl (C=O) groups excluding carboxylic acids is 1. The minimum atomic E-state index is -0.365. The van der Waals surface area contributed by atoms with E-state index in [-0.39, 0.29) is 5.97 Å². The van der Waals surface area contributed by atoms with Crippen LogP contribution in [0.1, 0.15) is 40.7 Å². The van der Waals surface area contributed by atoms with Gasteiger partial charge in [0.05, 0.1) is 12.7 Å². The number of hydrogen-bond acceptors (Lipinski definition) is 4. The van der Waals surface area contributed by atoms with Crippen molar-refractivity contribution in [3.8, 4) is 0 Å². The largest absolute Gasteiger partial charge is 0.465 e. The Hall–Kier alpha value is -2.60. The Morgan fingerprint density at radius 1 is 1.11 bits per heavy atom. The first-order valence-corrected chi connectivity index (χ1v) is 10.1. The molecule has 2 aromatic carbocycles. The van der Waals surface area contributed by atoms with Crippen LogP contribution in [0.25, 0.3) is 0 Å². The van der Waals surface area contributed by atoms with Gasteiger partial charge in [0.25, 0.3) is 0 Å². The zero-order valence-corrected chi connectivity index (χ0v) is 17.3. The minimum Gasteiger partial charge on any atom is -0.465 e. The van der Waals surface area contributed by atoms with Crippen molar-refractivity contribution in [3.63, 3.8) is 0 Å². The first-order chi connectivity index (χ1) is 13.6. The van der Waals surface area contributed by atoms with E-state index in [1.165, 1.54) is 37.6 Å². The molecule has 2 N–H and O–H groups in total. The molecule has 0 aromatic heterocycles. The maximum atomic E-state index is 11.7. The molecule has 6 heteroatoms. The molecule has 0 amide bonds. The van der Waals surface area contributed by atoms with Crippen LogP contribution in [0.3, 0.4) is 0 Å². The molecule has 5 nitrogen and oxygen atoms in total. The lowest BCUT2D eigenvalue weighted by atomic mass is 10.1. The number of nitrogens with zero attached hydrogens (tertiary/aromatic N) is 1. The Bertz CT molecular complexity index is 830. The molecule has 1 saturated heterocycles. The second kappa shape index (κ2) is 9.55. The van der Waals surface area contributed by atoms with Gasteiger partial charge in [-0.05, 0) is 73.8 Å². The number of piperidine rings is 1. The zero-order chi connectivity index (χ0) is 19.9. The molecule has 28 heavy (non-hydrogen) atoms. The molecular formula is C22H27N3O2S. The summed E-state index contributed by atoms with van der Waals surface area (Å²) in [6.07, 6.45) is 3.89. The number of benzene rings is 2. The smallest absolute Gasteiger partial charge is 0.337 e. The van der Waals surface area contributed by atoms with Crippen LogP contribution < -0.4 is 15.5 Å². The Morgan fingerprint density at radius 3 is 2.50 bits per heavy atom. The van der Waals surface area contributed by atoms with Gasteiger partial charge in [-0.2, -0.15) is 0 Å². The number of esters is 1. The summed E-state index contributed by atoms with van der Waals surface area (Å²) in [5.74, 6) is -0.365. The number of anilines is 2. The van der Waals surface area contributed by atoms with Crippen molar-refractivity contribution in [2.45, 2.75) is 32.7 Å². The van der Waals surface area contributed by atoms with E-state index in [1.807, 2.05) is 13.0 Å². The molecule has 1 heterocycles. The standard InChI is InChI=1S/C22H27N3O2S/c1-16-6-9-18(21(26)27-2)14-20(16)24-22(28)23-15-17-7-10-19(11-8-17)25-12-4-3-5-13-25/h6-11,14H,3-5,12-13,15H2,1-2H3,(H2,23,24,28). The molecule has 0 atom stereocenters. The van der Waals surface area contributed by atoms with Gasteiger partial charge in [-0.15, -0.1) is 0 Å². The summed E-state index contributed by atoms with van der Waals surface area (Å²) in [6, 6.07) is 14.0. The summed E-state index contributed by atoms with van der Waals surface area (Å²) < 4.78 is 4.78. The molecule has 1 fully saturated rings. The van der Waals surface area contributed by atoms with E-state index in [0.717, 1.165) is 24.3 Å². The van der Waals surface area contributed by atoms with Crippen molar-refractivity contribution in [1.29, 1.82) is 0 Å². The maximum absolute atomic E-state index is 11.7. The number of nitrogens with one attached hydrogen (secondary N) is 2. The van der Waals surface area contributed by atoms with Crippen molar-refractivity contribution in [2.24, 2.45) is 0 Å². The van der Waals surface area contributed by atoms with Crippen LogP contribution >= 0.6 is 12.2 Å². The van der Waals surface area contributed by atoms with Gasteiger partial charge in [0.15, 0.2) is 5.11 Å². The quantitative estimate of drug-likeness (QED) is 0.581. The van der Waals surface area contributed by atoms with E-state index in [1.54, 1.807) is 12.1 Å². The highest BCUT2D eigenvalue weighted by Crippen LogP contribution is 2.20. The summed E-state index contributed by atoms with van der Waals surface area (Å²) in [5.41, 5.74) is 4.75. The lowest BCUT2D eigenvalue weighted by Crippen LogP contribution is -2.29. The summed E-state index contributed by atoms with van der Waals surface area (Å²) in [4.78, 5) is 14.2. The molecule has 2 aromatic rings. The minimum absolute atomic E-state index is 0.365. The SMILES string of the molecule is COC(=O)c1ccc(C)c(NC(=S)NCc2ccc(N3CCCCC3)cc2)c1. The van der Waals surface area contributed by atoms with Crippen LogP contribution in [-0.4, -0.2) is 31.3 Å². The number of aryl methyl sites for hydroxylation is 1. The predicted molar refractivity (Wildman–Crippen MR) is 118 cm³/mol. The summed E-state index contributed by atoms with van der Waals surface area (Å²) in [7, 11) is 1.37. The van der Waals surface area contributed by atoms with Gasteiger partial charge in [0.2, 0.25) is 0 Å². The molecule has 0 spiro atoms. The Labute approximate surface area is 172 Å². The first-order valence-electron chi connectivity index (χ1n) is 9.64.